The summed E-state index contributed by atoms with van der Waals surface area (Å²) in [7, 11) is 0. The zero-order valence-corrected chi connectivity index (χ0v) is 19.1. The molecule has 0 bridgehead atoms. The number of halogens is 2. The molecule has 1 aliphatic rings. The van der Waals surface area contributed by atoms with Crippen LogP contribution in [0.2, 0.25) is 5.02 Å². The van der Waals surface area contributed by atoms with Crippen molar-refractivity contribution in [2.24, 2.45) is 0 Å². The Balaban J connectivity index is 0.00000245. The zero-order valence-electron chi connectivity index (χ0n) is 17.6. The molecule has 1 aliphatic heterocycles. The van der Waals surface area contributed by atoms with Gasteiger partial charge in [-0.3, -0.25) is 9.20 Å². The molecule has 4 aromatic rings. The number of rotatable bonds is 6. The van der Waals surface area contributed by atoms with Crippen LogP contribution < -0.4 is 32.5 Å². The molecule has 2 N–H and O–H groups in total. The van der Waals surface area contributed by atoms with Crippen LogP contribution in [0, 0.1) is 0 Å². The lowest BCUT2D eigenvalue weighted by Gasteiger charge is -2.33. The van der Waals surface area contributed by atoms with Crippen LogP contribution in [-0.4, -0.2) is 53.7 Å². The van der Waals surface area contributed by atoms with E-state index in [0.29, 0.717) is 29.2 Å². The Morgan fingerprint density at radius 2 is 1.97 bits per heavy atom. The lowest BCUT2D eigenvalue weighted by Crippen LogP contribution is -3.14. The summed E-state index contributed by atoms with van der Waals surface area (Å²) >= 11 is 6.12. The first-order chi connectivity index (χ1) is 15.2. The third-order valence-corrected chi connectivity index (χ3v) is 6.11. The van der Waals surface area contributed by atoms with E-state index in [0.717, 1.165) is 44.2 Å². The molecule has 5 rings (SSSR count). The second-order valence-corrected chi connectivity index (χ2v) is 8.34. The Kier molecular flexibility index (Phi) is 6.89. The SMILES string of the molecule is O=c1[nH]c2ccc(OCCC[NH+]3CCN(c4cccc(Cl)c4)CC3)nc2n2cccc12.[Cl-]. The fraction of sp³-hybridized carbons (Fsp3) is 0.304. The van der Waals surface area contributed by atoms with Gasteiger partial charge in [-0.1, -0.05) is 17.7 Å². The van der Waals surface area contributed by atoms with Crippen LogP contribution in [0.3, 0.4) is 0 Å². The summed E-state index contributed by atoms with van der Waals surface area (Å²) in [6, 6.07) is 15.4. The summed E-state index contributed by atoms with van der Waals surface area (Å²) in [5.74, 6) is 0.579. The van der Waals surface area contributed by atoms with Gasteiger partial charge < -0.3 is 31.9 Å². The predicted molar refractivity (Wildman–Crippen MR) is 123 cm³/mol. The van der Waals surface area contributed by atoms with Gasteiger partial charge in [0.05, 0.1) is 44.8 Å². The molecule has 7 nitrogen and oxygen atoms in total. The molecule has 0 unspecified atom stereocenters. The number of benzene rings is 1. The second kappa shape index (κ2) is 9.81. The lowest BCUT2D eigenvalue weighted by molar-refractivity contribution is -0.900. The molecule has 4 heterocycles. The molecule has 3 aromatic heterocycles. The van der Waals surface area contributed by atoms with Crippen molar-refractivity contribution in [3.63, 3.8) is 0 Å². The van der Waals surface area contributed by atoms with E-state index in [9.17, 15) is 4.79 Å². The first-order valence-corrected chi connectivity index (χ1v) is 11.0. The van der Waals surface area contributed by atoms with E-state index in [-0.39, 0.29) is 18.0 Å². The minimum absolute atomic E-state index is 0. The standard InChI is InChI=1S/C23H24ClN5O2.ClH/c24-17-4-1-5-18(16-17)28-13-11-27(12-14-28)9-3-15-31-21-8-7-19-22(26-21)29-10-2-6-20(29)23(30)25-19;/h1-2,4-8,10,16H,3,9,11-15H2,(H,25,30);1H. The van der Waals surface area contributed by atoms with Gasteiger partial charge in [0, 0.05) is 29.4 Å². The van der Waals surface area contributed by atoms with E-state index in [1.807, 2.05) is 42.6 Å². The van der Waals surface area contributed by atoms with Gasteiger partial charge in [0.15, 0.2) is 5.65 Å². The molecule has 168 valence electrons. The smallest absolute Gasteiger partial charge is 0.272 e. The van der Waals surface area contributed by atoms with E-state index >= 15 is 0 Å². The molecule has 1 aromatic carbocycles. The van der Waals surface area contributed by atoms with Crippen molar-refractivity contribution in [3.8, 4) is 5.88 Å². The number of anilines is 1. The number of pyridine rings is 1. The molecule has 0 saturated carbocycles. The summed E-state index contributed by atoms with van der Waals surface area (Å²) in [6.45, 7) is 5.99. The number of fused-ring (bicyclic) bond motifs is 3. The Labute approximate surface area is 197 Å². The number of piperazine rings is 1. The van der Waals surface area contributed by atoms with Crippen LogP contribution in [-0.2, 0) is 0 Å². The van der Waals surface area contributed by atoms with Crippen molar-refractivity contribution in [1.82, 2.24) is 14.4 Å². The maximum atomic E-state index is 12.1. The van der Waals surface area contributed by atoms with Crippen LogP contribution in [0.25, 0.3) is 16.7 Å². The van der Waals surface area contributed by atoms with Crippen LogP contribution in [0.1, 0.15) is 6.42 Å². The fourth-order valence-corrected chi connectivity index (χ4v) is 4.42. The van der Waals surface area contributed by atoms with Crippen LogP contribution in [0.4, 0.5) is 5.69 Å². The molecule has 0 aliphatic carbocycles. The van der Waals surface area contributed by atoms with Gasteiger partial charge in [-0.15, -0.1) is 0 Å². The molecule has 9 heteroatoms. The highest BCUT2D eigenvalue weighted by molar-refractivity contribution is 6.30. The molecule has 0 atom stereocenters. The number of nitrogens with one attached hydrogen (secondary N) is 2. The van der Waals surface area contributed by atoms with Gasteiger partial charge in [0.1, 0.15) is 5.52 Å². The Morgan fingerprint density at radius 3 is 2.78 bits per heavy atom. The number of ether oxygens (including phenoxy) is 1. The molecule has 1 saturated heterocycles. The van der Waals surface area contributed by atoms with Crippen LogP contribution in [0.15, 0.2) is 59.5 Å². The number of quaternary nitrogens is 1. The largest absolute Gasteiger partial charge is 1.00 e. The van der Waals surface area contributed by atoms with E-state index in [2.05, 4.69) is 20.9 Å². The zero-order chi connectivity index (χ0) is 21.2. The fourth-order valence-electron chi connectivity index (χ4n) is 4.23. The number of hydrogen-bond acceptors (Lipinski definition) is 4. The quantitative estimate of drug-likeness (QED) is 0.353. The van der Waals surface area contributed by atoms with E-state index < -0.39 is 0 Å². The minimum Gasteiger partial charge on any atom is -1.00 e. The van der Waals surface area contributed by atoms with Gasteiger partial charge in [-0.25, -0.2) is 0 Å². The molecule has 0 spiro atoms. The van der Waals surface area contributed by atoms with Gasteiger partial charge in [-0.05, 0) is 36.4 Å². The van der Waals surface area contributed by atoms with Gasteiger partial charge >= 0.3 is 0 Å². The van der Waals surface area contributed by atoms with Gasteiger partial charge in [0.25, 0.3) is 5.56 Å². The van der Waals surface area contributed by atoms with Crippen molar-refractivity contribution in [2.45, 2.75) is 6.42 Å². The van der Waals surface area contributed by atoms with Crippen LogP contribution in [0.5, 0.6) is 5.88 Å². The monoisotopic (exact) mass is 473 g/mol. The summed E-state index contributed by atoms with van der Waals surface area (Å²) in [4.78, 5) is 23.5. The summed E-state index contributed by atoms with van der Waals surface area (Å²) in [6.07, 6.45) is 2.81. The topological polar surface area (TPSA) is 67.1 Å². The third kappa shape index (κ3) is 4.70. The highest BCUT2D eigenvalue weighted by atomic mass is 35.5. The van der Waals surface area contributed by atoms with E-state index in [4.69, 9.17) is 16.3 Å². The molecule has 32 heavy (non-hydrogen) atoms. The van der Waals surface area contributed by atoms with Crippen molar-refractivity contribution in [2.75, 3.05) is 44.2 Å². The Hall–Kier alpha value is -2.74. The summed E-state index contributed by atoms with van der Waals surface area (Å²) < 4.78 is 7.71. The number of hydrogen-bond donors (Lipinski definition) is 2. The average Bonchev–Trinajstić information content (AvgIpc) is 3.29. The lowest BCUT2D eigenvalue weighted by atomic mass is 10.2. The van der Waals surface area contributed by atoms with Crippen molar-refractivity contribution >= 4 is 34.0 Å². The minimum atomic E-state index is -0.119. The number of aromatic amines is 1. The first-order valence-electron chi connectivity index (χ1n) is 10.6. The summed E-state index contributed by atoms with van der Waals surface area (Å²) in [5, 5.41) is 0.788. The van der Waals surface area contributed by atoms with E-state index in [1.54, 1.807) is 15.4 Å². The van der Waals surface area contributed by atoms with Crippen molar-refractivity contribution in [1.29, 1.82) is 0 Å². The van der Waals surface area contributed by atoms with Crippen LogP contribution >= 0.6 is 11.6 Å². The molecule has 1 fully saturated rings. The maximum Gasteiger partial charge on any atom is 0.272 e. The number of nitrogens with zero attached hydrogens (tertiary/aromatic N) is 3. The highest BCUT2D eigenvalue weighted by Crippen LogP contribution is 2.19. The average molecular weight is 474 g/mol. The molecule has 0 amide bonds. The highest BCUT2D eigenvalue weighted by Gasteiger charge is 2.20. The van der Waals surface area contributed by atoms with Crippen molar-refractivity contribution in [3.05, 3.63) is 70.1 Å². The van der Waals surface area contributed by atoms with Gasteiger partial charge in [-0.2, -0.15) is 4.98 Å². The maximum absolute atomic E-state index is 12.1. The van der Waals surface area contributed by atoms with Gasteiger partial charge in [0.2, 0.25) is 5.88 Å². The summed E-state index contributed by atoms with van der Waals surface area (Å²) in [5.41, 5.74) is 3.06. The normalized spacial score (nSPS) is 14.6. The van der Waals surface area contributed by atoms with E-state index in [1.165, 1.54) is 5.69 Å². The second-order valence-electron chi connectivity index (χ2n) is 7.91. The Bertz CT molecular complexity index is 1260. The predicted octanol–water partition coefficient (Wildman–Crippen LogP) is -0.993. The third-order valence-electron chi connectivity index (χ3n) is 5.88. The van der Waals surface area contributed by atoms with Crippen molar-refractivity contribution < 1.29 is 22.0 Å². The molecule has 0 radical (unpaired) electrons. The first kappa shape index (κ1) is 22.5. The Morgan fingerprint density at radius 1 is 1.12 bits per heavy atom. The number of H-pyrrole nitrogens is 1. The molecular weight excluding hydrogens is 449 g/mol. The number of aromatic nitrogens is 3. The molecular formula is C23H25Cl2N5O2.